The summed E-state index contributed by atoms with van der Waals surface area (Å²) < 4.78 is 2.83. The summed E-state index contributed by atoms with van der Waals surface area (Å²) in [5.74, 6) is 0. The van der Waals surface area contributed by atoms with E-state index in [0.717, 1.165) is 5.69 Å². The number of rotatable bonds is 1. The Kier molecular flexibility index (Phi) is 1.76. The van der Waals surface area contributed by atoms with E-state index in [2.05, 4.69) is 11.1 Å². The maximum Gasteiger partial charge on any atom is 0.330 e. The molecule has 0 bridgehead atoms. The lowest BCUT2D eigenvalue weighted by Crippen LogP contribution is -2.13. The second kappa shape index (κ2) is 3.10. The van der Waals surface area contributed by atoms with Crippen LogP contribution in [-0.2, 0) is 0 Å². The van der Waals surface area contributed by atoms with Crippen LogP contribution in [0.5, 0.6) is 0 Å². The predicted octanol–water partition coefficient (Wildman–Crippen LogP) is 2.38. The highest BCUT2D eigenvalue weighted by Crippen LogP contribution is 2.22. The van der Waals surface area contributed by atoms with Crippen LogP contribution < -0.4 is 5.69 Å². The third-order valence-electron chi connectivity index (χ3n) is 2.36. The predicted molar refractivity (Wildman–Crippen MR) is 61.8 cm³/mol. The van der Waals surface area contributed by atoms with Gasteiger partial charge in [-0.15, -0.1) is 11.3 Å². The fourth-order valence-electron chi connectivity index (χ4n) is 1.63. The largest absolute Gasteiger partial charge is 0.330 e. The Morgan fingerprint density at radius 1 is 1.27 bits per heavy atom. The van der Waals surface area contributed by atoms with E-state index in [4.69, 9.17) is 0 Å². The van der Waals surface area contributed by atoms with E-state index in [-0.39, 0.29) is 5.69 Å². The van der Waals surface area contributed by atoms with Crippen LogP contribution in [0.3, 0.4) is 0 Å². The molecular formula is C11H8N2OS. The average molecular weight is 216 g/mol. The lowest BCUT2D eigenvalue weighted by molar-refractivity contribution is 0.990. The molecule has 1 N–H and O–H groups in total. The monoisotopic (exact) mass is 216 g/mol. The van der Waals surface area contributed by atoms with Crippen molar-refractivity contribution >= 4 is 21.4 Å². The van der Waals surface area contributed by atoms with Gasteiger partial charge in [-0.1, -0.05) is 0 Å². The van der Waals surface area contributed by atoms with Gasteiger partial charge < -0.3 is 4.98 Å². The van der Waals surface area contributed by atoms with Crippen LogP contribution >= 0.6 is 11.3 Å². The Bertz CT molecular complexity index is 662. The molecule has 0 saturated carbocycles. The Morgan fingerprint density at radius 3 is 3.00 bits per heavy atom. The number of thiophene rings is 1. The standard InChI is InChI=1S/C11H8N2OS/c14-11-12-4-5-13(11)9-1-2-10-8(7-9)3-6-15-10/h1-7H,(H,12,14). The third-order valence-corrected chi connectivity index (χ3v) is 3.26. The molecule has 4 heteroatoms. The number of fused-ring (bicyclic) bond motifs is 1. The molecule has 1 aromatic carbocycles. The fraction of sp³-hybridized carbons (Fsp3) is 0. The van der Waals surface area contributed by atoms with Gasteiger partial charge in [-0.2, -0.15) is 0 Å². The van der Waals surface area contributed by atoms with Crippen molar-refractivity contribution in [2.24, 2.45) is 0 Å². The molecule has 3 nitrogen and oxygen atoms in total. The van der Waals surface area contributed by atoms with Gasteiger partial charge in [0.2, 0.25) is 0 Å². The van der Waals surface area contributed by atoms with E-state index in [9.17, 15) is 4.79 Å². The van der Waals surface area contributed by atoms with Gasteiger partial charge in [-0.05, 0) is 35.0 Å². The summed E-state index contributed by atoms with van der Waals surface area (Å²) in [5.41, 5.74) is 0.789. The van der Waals surface area contributed by atoms with E-state index in [1.165, 1.54) is 10.1 Å². The smallest absolute Gasteiger partial charge is 0.312 e. The first kappa shape index (κ1) is 8.49. The van der Waals surface area contributed by atoms with Crippen molar-refractivity contribution in [3.63, 3.8) is 0 Å². The summed E-state index contributed by atoms with van der Waals surface area (Å²) in [7, 11) is 0. The highest BCUT2D eigenvalue weighted by Gasteiger charge is 2.01. The molecule has 3 rings (SSSR count). The van der Waals surface area contributed by atoms with Crippen LogP contribution in [0.1, 0.15) is 0 Å². The fourth-order valence-corrected chi connectivity index (χ4v) is 2.40. The SMILES string of the molecule is O=c1[nH]ccn1-c1ccc2sccc2c1. The molecule has 0 spiro atoms. The molecule has 0 radical (unpaired) electrons. The molecule has 0 atom stereocenters. The number of H-pyrrole nitrogens is 1. The number of benzene rings is 1. The highest BCUT2D eigenvalue weighted by molar-refractivity contribution is 7.17. The molecule has 0 fully saturated rings. The zero-order valence-electron chi connectivity index (χ0n) is 7.81. The molecule has 2 heterocycles. The van der Waals surface area contributed by atoms with Crippen molar-refractivity contribution in [2.45, 2.75) is 0 Å². The molecule has 15 heavy (non-hydrogen) atoms. The molecule has 0 aliphatic carbocycles. The summed E-state index contributed by atoms with van der Waals surface area (Å²) in [4.78, 5) is 14.0. The van der Waals surface area contributed by atoms with Crippen molar-refractivity contribution in [3.05, 3.63) is 52.5 Å². The number of aromatic nitrogens is 2. The first-order valence-electron chi connectivity index (χ1n) is 4.58. The van der Waals surface area contributed by atoms with Gasteiger partial charge in [0, 0.05) is 17.1 Å². The van der Waals surface area contributed by atoms with Gasteiger partial charge in [0.25, 0.3) is 0 Å². The van der Waals surface area contributed by atoms with Gasteiger partial charge in [0.15, 0.2) is 0 Å². The van der Waals surface area contributed by atoms with Crippen LogP contribution in [0.2, 0.25) is 0 Å². The zero-order valence-corrected chi connectivity index (χ0v) is 8.62. The van der Waals surface area contributed by atoms with Gasteiger partial charge in [0.05, 0.1) is 5.69 Å². The molecule has 0 saturated heterocycles. The molecule has 0 amide bonds. The number of aromatic amines is 1. The number of nitrogens with one attached hydrogen (secondary N) is 1. The summed E-state index contributed by atoms with van der Waals surface area (Å²) in [6, 6.07) is 8.06. The van der Waals surface area contributed by atoms with E-state index in [0.29, 0.717) is 0 Å². The number of hydrogen-bond acceptors (Lipinski definition) is 2. The topological polar surface area (TPSA) is 37.8 Å². The van der Waals surface area contributed by atoms with Crippen molar-refractivity contribution in [1.82, 2.24) is 9.55 Å². The summed E-state index contributed by atoms with van der Waals surface area (Å²) >= 11 is 1.70. The second-order valence-corrected chi connectivity index (χ2v) is 4.23. The Morgan fingerprint density at radius 2 is 2.20 bits per heavy atom. The van der Waals surface area contributed by atoms with Crippen LogP contribution in [0, 0.1) is 0 Å². The van der Waals surface area contributed by atoms with Crippen LogP contribution in [0.15, 0.2) is 46.8 Å². The Labute approximate surface area is 89.6 Å². The molecule has 2 aromatic heterocycles. The van der Waals surface area contributed by atoms with Crippen molar-refractivity contribution in [1.29, 1.82) is 0 Å². The summed E-state index contributed by atoms with van der Waals surface area (Å²) in [6.45, 7) is 0. The Hall–Kier alpha value is -1.81. The molecular weight excluding hydrogens is 208 g/mol. The first-order chi connectivity index (χ1) is 7.34. The van der Waals surface area contributed by atoms with Crippen LogP contribution in [0.25, 0.3) is 15.8 Å². The molecule has 0 aliphatic rings. The first-order valence-corrected chi connectivity index (χ1v) is 5.46. The second-order valence-electron chi connectivity index (χ2n) is 3.28. The number of hydrogen-bond donors (Lipinski definition) is 1. The van der Waals surface area contributed by atoms with E-state index >= 15 is 0 Å². The minimum absolute atomic E-state index is 0.107. The molecule has 3 aromatic rings. The van der Waals surface area contributed by atoms with Gasteiger partial charge in [-0.25, -0.2) is 4.79 Å². The van der Waals surface area contributed by atoms with E-state index in [1.54, 1.807) is 28.3 Å². The minimum atomic E-state index is -0.107. The maximum atomic E-state index is 11.4. The van der Waals surface area contributed by atoms with Crippen LogP contribution in [-0.4, -0.2) is 9.55 Å². The number of imidazole rings is 1. The lowest BCUT2D eigenvalue weighted by atomic mass is 10.2. The molecule has 74 valence electrons. The van der Waals surface area contributed by atoms with Crippen LogP contribution in [0.4, 0.5) is 0 Å². The normalized spacial score (nSPS) is 10.9. The number of nitrogens with zero attached hydrogens (tertiary/aromatic N) is 1. The van der Waals surface area contributed by atoms with Gasteiger partial charge >= 0.3 is 5.69 Å². The average Bonchev–Trinajstić information content (AvgIpc) is 2.84. The van der Waals surface area contributed by atoms with Crippen molar-refractivity contribution < 1.29 is 0 Å². The minimum Gasteiger partial charge on any atom is -0.312 e. The molecule has 0 aliphatic heterocycles. The third kappa shape index (κ3) is 1.30. The van der Waals surface area contributed by atoms with E-state index in [1.807, 2.05) is 23.6 Å². The maximum absolute atomic E-state index is 11.4. The quantitative estimate of drug-likeness (QED) is 0.666. The Balaban J connectivity index is 2.28. The van der Waals surface area contributed by atoms with Crippen molar-refractivity contribution in [2.75, 3.05) is 0 Å². The lowest BCUT2D eigenvalue weighted by Gasteiger charge is -2.00. The van der Waals surface area contributed by atoms with E-state index < -0.39 is 0 Å². The van der Waals surface area contributed by atoms with Gasteiger partial charge in [-0.3, -0.25) is 4.57 Å². The highest BCUT2D eigenvalue weighted by atomic mass is 32.1. The zero-order chi connectivity index (χ0) is 10.3. The van der Waals surface area contributed by atoms with Crippen molar-refractivity contribution in [3.8, 4) is 5.69 Å². The molecule has 0 unspecified atom stereocenters. The van der Waals surface area contributed by atoms with Gasteiger partial charge in [0.1, 0.15) is 0 Å². The summed E-state index contributed by atoms with van der Waals surface area (Å²) in [5, 5.41) is 3.22. The summed E-state index contributed by atoms with van der Waals surface area (Å²) in [6.07, 6.45) is 3.37.